The second-order valence-electron chi connectivity index (χ2n) is 6.02. The number of carboxylic acids is 1. The Kier molecular flexibility index (Phi) is 4.63. The van der Waals surface area contributed by atoms with Gasteiger partial charge < -0.3 is 9.84 Å². The molecule has 1 N–H and O–H groups in total. The Morgan fingerprint density at radius 1 is 1.38 bits per heavy atom. The Morgan fingerprint density at radius 3 is 2.75 bits per heavy atom. The average molecular weight is 374 g/mol. The van der Waals surface area contributed by atoms with Gasteiger partial charge in [-0.1, -0.05) is 12.8 Å². The van der Waals surface area contributed by atoms with Gasteiger partial charge in [-0.25, -0.2) is 18.2 Å². The number of fused-ring (bicyclic) bond motifs is 1. The molecule has 0 radical (unpaired) electrons. The Labute approximate surface area is 143 Å². The fraction of sp³-hybridized carbons (Fsp3) is 0.643. The topological polar surface area (TPSA) is 114 Å². The van der Waals surface area contributed by atoms with Crippen LogP contribution in [0.4, 0.5) is 0 Å². The molecule has 1 aliphatic carbocycles. The first-order valence-electron chi connectivity index (χ1n) is 7.66. The maximum absolute atomic E-state index is 13.1. The third-order valence-electron chi connectivity index (χ3n) is 4.74. The van der Waals surface area contributed by atoms with E-state index in [1.807, 2.05) is 0 Å². The van der Waals surface area contributed by atoms with Gasteiger partial charge in [0.2, 0.25) is 0 Å². The van der Waals surface area contributed by atoms with Crippen LogP contribution in [0.1, 0.15) is 42.6 Å². The van der Waals surface area contributed by atoms with E-state index in [4.69, 9.17) is 0 Å². The predicted molar refractivity (Wildman–Crippen MR) is 84.3 cm³/mol. The van der Waals surface area contributed by atoms with Crippen molar-refractivity contribution < 1.29 is 27.9 Å². The molecule has 0 amide bonds. The zero-order chi connectivity index (χ0) is 17.5. The van der Waals surface area contributed by atoms with Gasteiger partial charge in [0.05, 0.1) is 12.6 Å². The first-order chi connectivity index (χ1) is 11.4. The molecule has 2 fully saturated rings. The van der Waals surface area contributed by atoms with Crippen molar-refractivity contribution in [2.45, 2.75) is 48.4 Å². The van der Waals surface area contributed by atoms with Gasteiger partial charge in [0.1, 0.15) is 6.04 Å². The van der Waals surface area contributed by atoms with Gasteiger partial charge in [0.25, 0.3) is 10.0 Å². The highest BCUT2D eigenvalue weighted by molar-refractivity contribution is 7.91. The van der Waals surface area contributed by atoms with Crippen LogP contribution < -0.4 is 0 Å². The average Bonchev–Trinajstić information content (AvgIpc) is 3.19. The molecule has 3 atom stereocenters. The van der Waals surface area contributed by atoms with Gasteiger partial charge >= 0.3 is 11.9 Å². The zero-order valence-corrected chi connectivity index (χ0v) is 14.7. The molecule has 0 aromatic carbocycles. The molecular weight excluding hydrogens is 356 g/mol. The fourth-order valence-electron chi connectivity index (χ4n) is 3.72. The van der Waals surface area contributed by atoms with Crippen LogP contribution in [-0.4, -0.2) is 53.9 Å². The van der Waals surface area contributed by atoms with Crippen molar-refractivity contribution in [3.05, 3.63) is 11.2 Å². The summed E-state index contributed by atoms with van der Waals surface area (Å²) < 4.78 is 31.7. The van der Waals surface area contributed by atoms with Crippen LogP contribution in [0.5, 0.6) is 0 Å². The van der Waals surface area contributed by atoms with Crippen LogP contribution in [0.3, 0.4) is 0 Å². The molecule has 8 nitrogen and oxygen atoms in total. The number of esters is 1. The minimum Gasteiger partial charge on any atom is -0.480 e. The van der Waals surface area contributed by atoms with Crippen LogP contribution in [0, 0.1) is 5.92 Å². The molecule has 132 valence electrons. The van der Waals surface area contributed by atoms with Crippen molar-refractivity contribution in [3.63, 3.8) is 0 Å². The Hall–Kier alpha value is -1.52. The molecule has 3 unspecified atom stereocenters. The number of aliphatic carboxylic acids is 1. The van der Waals surface area contributed by atoms with Crippen molar-refractivity contribution in [1.29, 1.82) is 0 Å². The smallest absolute Gasteiger partial charge is 0.358 e. The van der Waals surface area contributed by atoms with Crippen molar-refractivity contribution >= 4 is 33.3 Å². The molecule has 24 heavy (non-hydrogen) atoms. The summed E-state index contributed by atoms with van der Waals surface area (Å²) in [4.78, 5) is 27.2. The molecule has 10 heteroatoms. The SMILES string of the molecule is COC(=O)c1ncsc1S(=O)(=O)N1C(C(=O)O)CC2CCCCC21. The first-order valence-corrected chi connectivity index (χ1v) is 9.98. The van der Waals surface area contributed by atoms with E-state index < -0.39 is 28.0 Å². The summed E-state index contributed by atoms with van der Waals surface area (Å²) in [5.74, 6) is -1.96. The van der Waals surface area contributed by atoms with Crippen molar-refractivity contribution in [2.75, 3.05) is 7.11 Å². The highest BCUT2D eigenvalue weighted by Crippen LogP contribution is 2.43. The highest BCUT2D eigenvalue weighted by atomic mass is 32.2. The lowest BCUT2D eigenvalue weighted by atomic mass is 9.85. The lowest BCUT2D eigenvalue weighted by Gasteiger charge is -2.31. The molecule has 2 aliphatic rings. The minimum absolute atomic E-state index is 0.0455. The number of aromatic nitrogens is 1. The summed E-state index contributed by atoms with van der Waals surface area (Å²) in [7, 11) is -2.99. The number of carbonyl (C=O) groups is 2. The van der Waals surface area contributed by atoms with E-state index in [1.54, 1.807) is 0 Å². The number of hydrogen-bond donors (Lipinski definition) is 1. The van der Waals surface area contributed by atoms with Crippen LogP contribution in [0.15, 0.2) is 9.72 Å². The molecule has 3 rings (SSSR count). The number of ether oxygens (including phenoxy) is 1. The maximum atomic E-state index is 13.1. The number of hydrogen-bond acceptors (Lipinski definition) is 7. The number of rotatable bonds is 4. The van der Waals surface area contributed by atoms with Crippen molar-refractivity contribution in [2.24, 2.45) is 5.92 Å². The molecule has 0 spiro atoms. The molecule has 0 bridgehead atoms. The van der Waals surface area contributed by atoms with Crippen LogP contribution in [-0.2, 0) is 19.6 Å². The molecular formula is C14H18N2O6S2. The summed E-state index contributed by atoms with van der Waals surface area (Å²) in [6.07, 6.45) is 3.63. The maximum Gasteiger partial charge on any atom is 0.358 e. The van der Waals surface area contributed by atoms with Gasteiger partial charge in [0, 0.05) is 6.04 Å². The number of thiazole rings is 1. The number of carboxylic acid groups (broad SMARTS) is 1. The monoisotopic (exact) mass is 374 g/mol. The van der Waals surface area contributed by atoms with Gasteiger partial charge in [-0.2, -0.15) is 4.31 Å². The molecule has 1 saturated carbocycles. The third kappa shape index (κ3) is 2.72. The molecule has 1 aromatic rings. The third-order valence-corrected chi connectivity index (χ3v) is 8.02. The minimum atomic E-state index is -4.14. The predicted octanol–water partition coefficient (Wildman–Crippen LogP) is 1.34. The summed E-state index contributed by atoms with van der Waals surface area (Å²) in [6.45, 7) is 0. The largest absolute Gasteiger partial charge is 0.480 e. The molecule has 1 saturated heterocycles. The van der Waals surface area contributed by atoms with E-state index in [0.29, 0.717) is 12.8 Å². The van der Waals surface area contributed by atoms with Crippen LogP contribution in [0.2, 0.25) is 0 Å². The quantitative estimate of drug-likeness (QED) is 0.791. The van der Waals surface area contributed by atoms with E-state index in [2.05, 4.69) is 9.72 Å². The van der Waals surface area contributed by atoms with E-state index in [0.717, 1.165) is 42.0 Å². The Balaban J connectivity index is 2.05. The van der Waals surface area contributed by atoms with E-state index in [-0.39, 0.29) is 21.9 Å². The fourth-order valence-corrected chi connectivity index (χ4v) is 6.81. The van der Waals surface area contributed by atoms with Gasteiger partial charge in [-0.15, -0.1) is 11.3 Å². The first kappa shape index (κ1) is 17.3. The number of nitrogens with zero attached hydrogens (tertiary/aromatic N) is 2. The molecule has 2 heterocycles. The van der Waals surface area contributed by atoms with Crippen LogP contribution in [0.25, 0.3) is 0 Å². The highest BCUT2D eigenvalue weighted by Gasteiger charge is 2.52. The molecule has 1 aliphatic heterocycles. The number of methoxy groups -OCH3 is 1. The van der Waals surface area contributed by atoms with Gasteiger partial charge in [-0.3, -0.25) is 4.79 Å². The lowest BCUT2D eigenvalue weighted by molar-refractivity contribution is -0.141. The lowest BCUT2D eigenvalue weighted by Crippen LogP contribution is -2.46. The van der Waals surface area contributed by atoms with Crippen LogP contribution >= 0.6 is 11.3 Å². The summed E-state index contributed by atoms with van der Waals surface area (Å²) in [5.41, 5.74) is 0.967. The van der Waals surface area contributed by atoms with E-state index >= 15 is 0 Å². The van der Waals surface area contributed by atoms with Gasteiger partial charge in [0.15, 0.2) is 9.90 Å². The normalized spacial score (nSPS) is 27.6. The standard InChI is InChI=1S/C14H18N2O6S2/c1-22-13(19)11-14(23-7-15-11)24(20,21)16-9-5-3-2-4-8(9)6-10(16)12(17)18/h7-10H,2-6H2,1H3,(H,17,18). The Morgan fingerprint density at radius 2 is 2.08 bits per heavy atom. The second-order valence-corrected chi connectivity index (χ2v) is 8.91. The summed E-state index contributed by atoms with van der Waals surface area (Å²) in [6, 6.07) is -1.44. The van der Waals surface area contributed by atoms with Gasteiger partial charge in [-0.05, 0) is 25.2 Å². The summed E-state index contributed by atoms with van der Waals surface area (Å²) >= 11 is 0.806. The zero-order valence-electron chi connectivity index (χ0n) is 13.0. The Bertz CT molecular complexity index is 759. The molecule has 1 aromatic heterocycles. The van der Waals surface area contributed by atoms with E-state index in [1.165, 1.54) is 5.51 Å². The second kappa shape index (κ2) is 6.41. The number of sulfonamides is 1. The van der Waals surface area contributed by atoms with Crippen molar-refractivity contribution in [3.8, 4) is 0 Å². The van der Waals surface area contributed by atoms with E-state index in [9.17, 15) is 23.1 Å². The van der Waals surface area contributed by atoms with Crippen molar-refractivity contribution in [1.82, 2.24) is 9.29 Å². The number of carbonyl (C=O) groups excluding carboxylic acids is 1. The summed E-state index contributed by atoms with van der Waals surface area (Å²) in [5, 5.41) is 9.51.